The van der Waals surface area contributed by atoms with Gasteiger partial charge < -0.3 is 4.74 Å². The summed E-state index contributed by atoms with van der Waals surface area (Å²) >= 11 is 5.93. The first-order chi connectivity index (χ1) is 11.1. The van der Waals surface area contributed by atoms with Crippen molar-refractivity contribution in [2.45, 2.75) is 19.8 Å². The summed E-state index contributed by atoms with van der Waals surface area (Å²) in [6.07, 6.45) is 3.35. The van der Waals surface area contributed by atoms with Crippen LogP contribution in [0.5, 0.6) is 5.75 Å². The standard InChI is InChI=1S/C18H19ClN2O2/c1-14-12-16(9-10-17(14)19)23-13-18(22)21-20-11-5-8-15-6-3-2-4-7-15/h2-4,6-7,9-12H,5,8,13H2,1H3,(H,21,22). The van der Waals surface area contributed by atoms with Crippen LogP contribution in [0.4, 0.5) is 0 Å². The van der Waals surface area contributed by atoms with E-state index in [-0.39, 0.29) is 12.5 Å². The van der Waals surface area contributed by atoms with E-state index in [1.807, 2.05) is 25.1 Å². The fourth-order valence-corrected chi connectivity index (χ4v) is 2.06. The Hall–Kier alpha value is -2.33. The zero-order valence-electron chi connectivity index (χ0n) is 13.0. The molecule has 1 amide bonds. The van der Waals surface area contributed by atoms with Crippen LogP contribution in [-0.4, -0.2) is 18.7 Å². The van der Waals surface area contributed by atoms with E-state index in [4.69, 9.17) is 16.3 Å². The third-order valence-corrected chi connectivity index (χ3v) is 3.61. The Bertz CT molecular complexity index is 672. The van der Waals surface area contributed by atoms with Crippen LogP contribution in [0.2, 0.25) is 5.02 Å². The van der Waals surface area contributed by atoms with Gasteiger partial charge in [-0.2, -0.15) is 5.10 Å². The van der Waals surface area contributed by atoms with Crippen molar-refractivity contribution in [2.75, 3.05) is 6.61 Å². The molecule has 0 aromatic heterocycles. The monoisotopic (exact) mass is 330 g/mol. The maximum Gasteiger partial charge on any atom is 0.277 e. The van der Waals surface area contributed by atoms with Gasteiger partial charge in [0, 0.05) is 11.2 Å². The van der Waals surface area contributed by atoms with Crippen molar-refractivity contribution < 1.29 is 9.53 Å². The van der Waals surface area contributed by atoms with Crippen LogP contribution < -0.4 is 10.2 Å². The van der Waals surface area contributed by atoms with Gasteiger partial charge in [0.2, 0.25) is 0 Å². The minimum absolute atomic E-state index is 0.0862. The molecule has 0 bridgehead atoms. The second-order valence-electron chi connectivity index (χ2n) is 5.07. The molecule has 0 saturated heterocycles. The summed E-state index contributed by atoms with van der Waals surface area (Å²) in [5, 5.41) is 4.58. The second-order valence-corrected chi connectivity index (χ2v) is 5.48. The average molecular weight is 331 g/mol. The van der Waals surface area contributed by atoms with Crippen LogP contribution in [-0.2, 0) is 11.2 Å². The summed E-state index contributed by atoms with van der Waals surface area (Å²) in [6.45, 7) is 1.80. The van der Waals surface area contributed by atoms with Gasteiger partial charge >= 0.3 is 0 Å². The number of hydrogen-bond acceptors (Lipinski definition) is 3. The Morgan fingerprint density at radius 2 is 2.04 bits per heavy atom. The number of benzene rings is 2. The average Bonchev–Trinajstić information content (AvgIpc) is 2.56. The second kappa shape index (κ2) is 8.96. The zero-order valence-corrected chi connectivity index (χ0v) is 13.7. The number of carbonyl (C=O) groups excluding carboxylic acids is 1. The van der Waals surface area contributed by atoms with Crippen LogP contribution in [0.1, 0.15) is 17.5 Å². The van der Waals surface area contributed by atoms with Crippen molar-refractivity contribution in [1.29, 1.82) is 0 Å². The molecule has 2 aromatic carbocycles. The molecule has 0 atom stereocenters. The van der Waals surface area contributed by atoms with E-state index in [2.05, 4.69) is 22.7 Å². The Morgan fingerprint density at radius 1 is 1.26 bits per heavy atom. The molecule has 2 aromatic rings. The topological polar surface area (TPSA) is 50.7 Å². The largest absolute Gasteiger partial charge is 0.484 e. The number of hydrazone groups is 1. The van der Waals surface area contributed by atoms with E-state index in [0.717, 1.165) is 18.4 Å². The molecular formula is C18H19ClN2O2. The van der Waals surface area contributed by atoms with E-state index in [1.54, 1.807) is 24.4 Å². The first-order valence-corrected chi connectivity index (χ1v) is 7.76. The molecule has 2 rings (SSSR count). The summed E-state index contributed by atoms with van der Waals surface area (Å²) in [6, 6.07) is 15.4. The molecular weight excluding hydrogens is 312 g/mol. The van der Waals surface area contributed by atoms with Crippen LogP contribution >= 0.6 is 11.6 Å². The predicted molar refractivity (Wildman–Crippen MR) is 93.1 cm³/mol. The van der Waals surface area contributed by atoms with Crippen molar-refractivity contribution in [1.82, 2.24) is 5.43 Å². The first kappa shape index (κ1) is 17.0. The lowest BCUT2D eigenvalue weighted by molar-refractivity contribution is -0.123. The summed E-state index contributed by atoms with van der Waals surface area (Å²) in [5.41, 5.74) is 4.59. The smallest absolute Gasteiger partial charge is 0.277 e. The molecule has 0 fully saturated rings. The maximum atomic E-state index is 11.6. The van der Waals surface area contributed by atoms with Crippen LogP contribution in [0.25, 0.3) is 0 Å². The molecule has 0 radical (unpaired) electrons. The normalized spacial score (nSPS) is 10.7. The van der Waals surface area contributed by atoms with E-state index in [0.29, 0.717) is 10.8 Å². The third-order valence-electron chi connectivity index (χ3n) is 3.18. The molecule has 0 unspecified atom stereocenters. The quantitative estimate of drug-likeness (QED) is 0.620. The number of nitrogens with one attached hydrogen (secondary N) is 1. The highest BCUT2D eigenvalue weighted by atomic mass is 35.5. The molecule has 0 aliphatic heterocycles. The third kappa shape index (κ3) is 6.12. The molecule has 1 N–H and O–H groups in total. The van der Waals surface area contributed by atoms with Crippen LogP contribution in [0.15, 0.2) is 53.6 Å². The predicted octanol–water partition coefficient (Wildman–Crippen LogP) is 3.76. The maximum absolute atomic E-state index is 11.6. The highest BCUT2D eigenvalue weighted by Gasteiger charge is 2.03. The Morgan fingerprint density at radius 3 is 2.78 bits per heavy atom. The van der Waals surface area contributed by atoms with E-state index < -0.39 is 0 Å². The fraction of sp³-hybridized carbons (Fsp3) is 0.222. The summed E-state index contributed by atoms with van der Waals surface area (Å²) in [5.74, 6) is 0.309. The van der Waals surface area contributed by atoms with Crippen LogP contribution in [0.3, 0.4) is 0 Å². The Balaban J connectivity index is 1.66. The summed E-state index contributed by atoms with van der Waals surface area (Å²) in [4.78, 5) is 11.6. The molecule has 0 heterocycles. The van der Waals surface area contributed by atoms with Crippen molar-refractivity contribution >= 4 is 23.7 Å². The summed E-state index contributed by atoms with van der Waals surface area (Å²) < 4.78 is 5.39. The fourth-order valence-electron chi connectivity index (χ4n) is 1.95. The molecule has 120 valence electrons. The van der Waals surface area contributed by atoms with Crippen molar-refractivity contribution in [3.8, 4) is 5.75 Å². The molecule has 0 saturated carbocycles. The van der Waals surface area contributed by atoms with Crippen LogP contribution in [0, 0.1) is 6.92 Å². The molecule has 23 heavy (non-hydrogen) atoms. The molecule has 0 aliphatic rings. The van der Waals surface area contributed by atoms with E-state index in [9.17, 15) is 4.79 Å². The minimum Gasteiger partial charge on any atom is -0.484 e. The SMILES string of the molecule is Cc1cc(OCC(=O)NN=CCCc2ccccc2)ccc1Cl. The van der Waals surface area contributed by atoms with Gasteiger partial charge in [0.1, 0.15) is 5.75 Å². The lowest BCUT2D eigenvalue weighted by Crippen LogP contribution is -2.24. The van der Waals surface area contributed by atoms with Gasteiger partial charge in [-0.1, -0.05) is 41.9 Å². The number of hydrogen-bond donors (Lipinski definition) is 1. The van der Waals surface area contributed by atoms with Gasteiger partial charge in [-0.25, -0.2) is 5.43 Å². The van der Waals surface area contributed by atoms with Gasteiger partial charge in [-0.15, -0.1) is 0 Å². The van der Waals surface area contributed by atoms with Gasteiger partial charge in [0.15, 0.2) is 6.61 Å². The van der Waals surface area contributed by atoms with E-state index in [1.165, 1.54) is 5.56 Å². The first-order valence-electron chi connectivity index (χ1n) is 7.38. The lowest BCUT2D eigenvalue weighted by atomic mass is 10.1. The van der Waals surface area contributed by atoms with Gasteiger partial charge in [-0.3, -0.25) is 4.79 Å². The number of ether oxygens (including phenoxy) is 1. The molecule has 0 spiro atoms. The van der Waals surface area contributed by atoms with Gasteiger partial charge in [0.25, 0.3) is 5.91 Å². The van der Waals surface area contributed by atoms with E-state index >= 15 is 0 Å². The Kier molecular flexibility index (Phi) is 6.63. The van der Waals surface area contributed by atoms with Crippen molar-refractivity contribution in [3.05, 3.63) is 64.7 Å². The number of halogens is 1. The molecule has 0 aliphatic carbocycles. The number of aryl methyl sites for hydroxylation is 2. The number of nitrogens with zero attached hydrogens (tertiary/aromatic N) is 1. The molecule has 5 heteroatoms. The van der Waals surface area contributed by atoms with Crippen molar-refractivity contribution in [3.63, 3.8) is 0 Å². The summed E-state index contributed by atoms with van der Waals surface area (Å²) in [7, 11) is 0. The highest BCUT2D eigenvalue weighted by Crippen LogP contribution is 2.20. The Labute approximate surface area is 141 Å². The number of carbonyl (C=O) groups is 1. The molecule has 4 nitrogen and oxygen atoms in total. The number of amides is 1. The lowest BCUT2D eigenvalue weighted by Gasteiger charge is -2.06. The highest BCUT2D eigenvalue weighted by molar-refractivity contribution is 6.31. The van der Waals surface area contributed by atoms with Gasteiger partial charge in [-0.05, 0) is 49.1 Å². The number of rotatable bonds is 7. The van der Waals surface area contributed by atoms with Gasteiger partial charge in [0.05, 0.1) is 0 Å². The minimum atomic E-state index is -0.298. The zero-order chi connectivity index (χ0) is 16.5. The van der Waals surface area contributed by atoms with Crippen molar-refractivity contribution in [2.24, 2.45) is 5.10 Å².